The van der Waals surface area contributed by atoms with Crippen molar-refractivity contribution in [3.05, 3.63) is 54.6 Å². The quantitative estimate of drug-likeness (QED) is 0.859. The molecule has 0 saturated carbocycles. The number of hydrogen-bond donors (Lipinski definition) is 2. The molecule has 0 aliphatic carbocycles. The smallest absolute Gasteiger partial charge is 0.0748 e. The van der Waals surface area contributed by atoms with Gasteiger partial charge in [-0.15, -0.1) is 0 Å². The molecule has 1 saturated heterocycles. The number of rotatable bonds is 5. The maximum atomic E-state index is 5.60. The Morgan fingerprint density at radius 1 is 0.900 bits per heavy atom. The lowest BCUT2D eigenvalue weighted by molar-refractivity contribution is 0.120. The minimum Gasteiger partial charge on any atom is -0.382 e. The van der Waals surface area contributed by atoms with Gasteiger partial charge in [-0.05, 0) is 49.2 Å². The van der Waals surface area contributed by atoms with E-state index in [0.717, 1.165) is 30.2 Å². The van der Waals surface area contributed by atoms with Crippen LogP contribution in [0.3, 0.4) is 0 Å². The van der Waals surface area contributed by atoms with Crippen molar-refractivity contribution in [1.29, 1.82) is 0 Å². The van der Waals surface area contributed by atoms with Crippen molar-refractivity contribution in [2.75, 3.05) is 23.8 Å². The highest BCUT2D eigenvalue weighted by atomic mass is 16.5. The summed E-state index contributed by atoms with van der Waals surface area (Å²) < 4.78 is 5.60. The van der Waals surface area contributed by atoms with Gasteiger partial charge in [-0.2, -0.15) is 0 Å². The largest absolute Gasteiger partial charge is 0.382 e. The molecule has 1 heterocycles. The van der Waals surface area contributed by atoms with E-state index in [2.05, 4.69) is 47.0 Å². The lowest BCUT2D eigenvalue weighted by Crippen LogP contribution is -2.18. The zero-order valence-electron chi connectivity index (χ0n) is 11.5. The van der Waals surface area contributed by atoms with Crippen LogP contribution < -0.4 is 10.6 Å². The zero-order chi connectivity index (χ0) is 13.6. The molecule has 2 N–H and O–H groups in total. The van der Waals surface area contributed by atoms with Crippen molar-refractivity contribution in [2.45, 2.75) is 18.9 Å². The Hall–Kier alpha value is -2.00. The summed E-state index contributed by atoms with van der Waals surface area (Å²) in [7, 11) is 0. The molecular weight excluding hydrogens is 248 g/mol. The topological polar surface area (TPSA) is 33.3 Å². The van der Waals surface area contributed by atoms with Gasteiger partial charge in [0.15, 0.2) is 0 Å². The van der Waals surface area contributed by atoms with Gasteiger partial charge >= 0.3 is 0 Å². The van der Waals surface area contributed by atoms with Crippen molar-refractivity contribution < 1.29 is 4.74 Å². The van der Waals surface area contributed by atoms with E-state index in [-0.39, 0.29) is 0 Å². The average Bonchev–Trinajstić information content (AvgIpc) is 3.01. The fourth-order valence-corrected chi connectivity index (χ4v) is 2.40. The molecule has 3 rings (SSSR count). The van der Waals surface area contributed by atoms with Gasteiger partial charge in [0.25, 0.3) is 0 Å². The molecule has 3 heteroatoms. The second-order valence-electron chi connectivity index (χ2n) is 5.08. The van der Waals surface area contributed by atoms with Crippen LogP contribution in [0, 0.1) is 0 Å². The van der Waals surface area contributed by atoms with Crippen LogP contribution in [0.4, 0.5) is 17.1 Å². The van der Waals surface area contributed by atoms with E-state index in [4.69, 9.17) is 4.74 Å². The van der Waals surface area contributed by atoms with Gasteiger partial charge < -0.3 is 15.4 Å². The minimum absolute atomic E-state index is 0.372. The van der Waals surface area contributed by atoms with Crippen molar-refractivity contribution in [2.24, 2.45) is 0 Å². The van der Waals surface area contributed by atoms with Crippen molar-refractivity contribution in [3.8, 4) is 0 Å². The molecule has 0 aromatic heterocycles. The molecular formula is C17H20N2O. The molecule has 1 aliphatic heterocycles. The molecule has 0 spiro atoms. The van der Waals surface area contributed by atoms with Crippen molar-refractivity contribution in [3.63, 3.8) is 0 Å². The average molecular weight is 268 g/mol. The van der Waals surface area contributed by atoms with Crippen LogP contribution in [-0.2, 0) is 4.74 Å². The van der Waals surface area contributed by atoms with Gasteiger partial charge in [0, 0.05) is 30.2 Å². The van der Waals surface area contributed by atoms with E-state index >= 15 is 0 Å². The summed E-state index contributed by atoms with van der Waals surface area (Å²) in [6.07, 6.45) is 2.73. The van der Waals surface area contributed by atoms with Crippen molar-refractivity contribution in [1.82, 2.24) is 0 Å². The normalized spacial score (nSPS) is 17.9. The van der Waals surface area contributed by atoms with Crippen LogP contribution in [0.25, 0.3) is 0 Å². The van der Waals surface area contributed by atoms with Crippen LogP contribution in [-0.4, -0.2) is 19.3 Å². The lowest BCUT2D eigenvalue weighted by Gasteiger charge is -2.12. The van der Waals surface area contributed by atoms with Gasteiger partial charge in [0.1, 0.15) is 0 Å². The molecule has 1 aliphatic rings. The summed E-state index contributed by atoms with van der Waals surface area (Å²) in [4.78, 5) is 0. The Kier molecular flexibility index (Phi) is 4.19. The van der Waals surface area contributed by atoms with Crippen molar-refractivity contribution >= 4 is 17.1 Å². The monoisotopic (exact) mass is 268 g/mol. The van der Waals surface area contributed by atoms with Gasteiger partial charge in [0.05, 0.1) is 6.10 Å². The van der Waals surface area contributed by atoms with Gasteiger partial charge in [-0.1, -0.05) is 18.2 Å². The van der Waals surface area contributed by atoms with Crippen LogP contribution in [0.15, 0.2) is 54.6 Å². The Balaban J connectivity index is 1.54. The molecule has 0 bridgehead atoms. The first kappa shape index (κ1) is 13.0. The Bertz CT molecular complexity index is 518. The second kappa shape index (κ2) is 6.44. The van der Waals surface area contributed by atoms with E-state index in [1.165, 1.54) is 12.8 Å². The predicted molar refractivity (Wildman–Crippen MR) is 83.6 cm³/mol. The number of benzene rings is 2. The van der Waals surface area contributed by atoms with E-state index in [1.54, 1.807) is 0 Å². The first-order valence-electron chi connectivity index (χ1n) is 7.18. The molecule has 20 heavy (non-hydrogen) atoms. The molecule has 3 nitrogen and oxygen atoms in total. The fraction of sp³-hybridized carbons (Fsp3) is 0.294. The Labute approximate surface area is 120 Å². The van der Waals surface area contributed by atoms with Gasteiger partial charge in [-0.25, -0.2) is 0 Å². The molecule has 0 radical (unpaired) electrons. The first-order chi connectivity index (χ1) is 9.90. The van der Waals surface area contributed by atoms with Gasteiger partial charge in [-0.3, -0.25) is 0 Å². The fourth-order valence-electron chi connectivity index (χ4n) is 2.40. The van der Waals surface area contributed by atoms with Crippen LogP contribution in [0.2, 0.25) is 0 Å². The van der Waals surface area contributed by atoms with E-state index in [9.17, 15) is 0 Å². The van der Waals surface area contributed by atoms with E-state index in [1.807, 2.05) is 18.2 Å². The summed E-state index contributed by atoms with van der Waals surface area (Å²) in [5.41, 5.74) is 3.34. The minimum atomic E-state index is 0.372. The second-order valence-corrected chi connectivity index (χ2v) is 5.08. The van der Waals surface area contributed by atoms with E-state index < -0.39 is 0 Å². The third-order valence-electron chi connectivity index (χ3n) is 3.51. The molecule has 2 aromatic carbocycles. The summed E-state index contributed by atoms with van der Waals surface area (Å²) in [6, 6.07) is 18.6. The number of hydrogen-bond acceptors (Lipinski definition) is 3. The van der Waals surface area contributed by atoms with E-state index in [0.29, 0.717) is 6.10 Å². The number of nitrogens with one attached hydrogen (secondary N) is 2. The maximum Gasteiger partial charge on any atom is 0.0748 e. The SMILES string of the molecule is c1ccc(Nc2ccc(NCC3CCCO3)cc2)cc1. The highest BCUT2D eigenvalue weighted by Gasteiger charge is 2.14. The molecule has 2 aromatic rings. The third-order valence-corrected chi connectivity index (χ3v) is 3.51. The lowest BCUT2D eigenvalue weighted by atomic mass is 10.2. The predicted octanol–water partition coefficient (Wildman–Crippen LogP) is 4.02. The van der Waals surface area contributed by atoms with Gasteiger partial charge in [0.2, 0.25) is 0 Å². The molecule has 1 atom stereocenters. The number of anilines is 3. The summed E-state index contributed by atoms with van der Waals surface area (Å²) >= 11 is 0. The Morgan fingerprint density at radius 2 is 1.60 bits per heavy atom. The number of ether oxygens (including phenoxy) is 1. The zero-order valence-corrected chi connectivity index (χ0v) is 11.5. The maximum absolute atomic E-state index is 5.60. The molecule has 1 fully saturated rings. The van der Waals surface area contributed by atoms with Crippen LogP contribution in [0.5, 0.6) is 0 Å². The number of para-hydroxylation sites is 1. The third kappa shape index (κ3) is 3.52. The summed E-state index contributed by atoms with van der Waals surface area (Å²) in [6.45, 7) is 1.80. The highest BCUT2D eigenvalue weighted by Crippen LogP contribution is 2.19. The van der Waals surface area contributed by atoms with Crippen LogP contribution >= 0.6 is 0 Å². The highest BCUT2D eigenvalue weighted by molar-refractivity contribution is 5.62. The van der Waals surface area contributed by atoms with Crippen LogP contribution in [0.1, 0.15) is 12.8 Å². The molecule has 1 unspecified atom stereocenters. The molecule has 0 amide bonds. The standard InChI is InChI=1S/C17H20N2O/c1-2-5-15(6-3-1)19-16-10-8-14(9-11-16)18-13-17-7-4-12-20-17/h1-3,5-6,8-11,17-19H,4,7,12-13H2. The summed E-state index contributed by atoms with van der Waals surface area (Å²) in [5.74, 6) is 0. The first-order valence-corrected chi connectivity index (χ1v) is 7.18. The molecule has 104 valence electrons. The summed E-state index contributed by atoms with van der Waals surface area (Å²) in [5, 5.41) is 6.80. The Morgan fingerprint density at radius 3 is 2.30 bits per heavy atom.